The molecule has 1 aliphatic carbocycles. The summed E-state index contributed by atoms with van der Waals surface area (Å²) in [6, 6.07) is 0. The van der Waals surface area contributed by atoms with Crippen molar-refractivity contribution in [3.63, 3.8) is 0 Å². The second-order valence-electron chi connectivity index (χ2n) is 6.28. The molecule has 0 bridgehead atoms. The molecule has 0 aromatic carbocycles. The van der Waals surface area contributed by atoms with Crippen LogP contribution in [-0.4, -0.2) is 44.6 Å². The third-order valence-electron chi connectivity index (χ3n) is 3.22. The molecule has 0 unspecified atom stereocenters. The number of aliphatic imine (C=N–C) groups is 1. The monoisotopic (exact) mass is 368 g/mol. The average molecular weight is 368 g/mol. The summed E-state index contributed by atoms with van der Waals surface area (Å²) in [5.74, 6) is 1.42. The van der Waals surface area contributed by atoms with Crippen molar-refractivity contribution in [2.24, 2.45) is 22.1 Å². The average Bonchev–Trinajstić information content (AvgIpc) is 2.10. The van der Waals surface area contributed by atoms with Crippen LogP contribution in [0, 0.1) is 11.3 Å². The zero-order chi connectivity index (χ0) is 12.9. The van der Waals surface area contributed by atoms with Crippen LogP contribution in [0.3, 0.4) is 0 Å². The largest absolute Gasteiger partial charge is 0.370 e. The van der Waals surface area contributed by atoms with Crippen molar-refractivity contribution >= 4 is 29.9 Å². The lowest BCUT2D eigenvalue weighted by atomic mass is 9.85. The molecule has 0 aliphatic heterocycles. The SMILES string of the molecule is CN(C)CC(C)(C)CN=C(N)NCC1CCC1.I. The van der Waals surface area contributed by atoms with Crippen molar-refractivity contribution in [3.8, 4) is 0 Å². The summed E-state index contributed by atoms with van der Waals surface area (Å²) in [5, 5.41) is 3.22. The summed E-state index contributed by atoms with van der Waals surface area (Å²) < 4.78 is 0. The van der Waals surface area contributed by atoms with Gasteiger partial charge in [-0.2, -0.15) is 0 Å². The van der Waals surface area contributed by atoms with Crippen LogP contribution in [0.2, 0.25) is 0 Å². The molecule has 0 radical (unpaired) electrons. The molecule has 1 rings (SSSR count). The summed E-state index contributed by atoms with van der Waals surface area (Å²) in [6.45, 7) is 7.22. The van der Waals surface area contributed by atoms with Crippen LogP contribution < -0.4 is 11.1 Å². The highest BCUT2D eigenvalue weighted by Gasteiger charge is 2.19. The van der Waals surface area contributed by atoms with Crippen LogP contribution in [-0.2, 0) is 0 Å². The smallest absolute Gasteiger partial charge is 0.188 e. The molecular weight excluding hydrogens is 339 g/mol. The first kappa shape index (κ1) is 18.0. The number of hydrogen-bond acceptors (Lipinski definition) is 2. The highest BCUT2D eigenvalue weighted by Crippen LogP contribution is 2.25. The Labute approximate surface area is 129 Å². The van der Waals surface area contributed by atoms with E-state index >= 15 is 0 Å². The van der Waals surface area contributed by atoms with Crippen molar-refractivity contribution < 1.29 is 0 Å². The maximum Gasteiger partial charge on any atom is 0.188 e. The van der Waals surface area contributed by atoms with Gasteiger partial charge in [-0.15, -0.1) is 24.0 Å². The van der Waals surface area contributed by atoms with Crippen LogP contribution in [0.25, 0.3) is 0 Å². The number of nitrogens with two attached hydrogens (primary N) is 1. The van der Waals surface area contributed by atoms with E-state index in [2.05, 4.69) is 43.2 Å². The van der Waals surface area contributed by atoms with E-state index in [-0.39, 0.29) is 29.4 Å². The number of rotatable bonds is 6. The van der Waals surface area contributed by atoms with Gasteiger partial charge in [0.2, 0.25) is 0 Å². The minimum absolute atomic E-state index is 0. The van der Waals surface area contributed by atoms with Crippen LogP contribution >= 0.6 is 24.0 Å². The predicted molar refractivity (Wildman–Crippen MR) is 89.6 cm³/mol. The summed E-state index contributed by atoms with van der Waals surface area (Å²) in [7, 11) is 4.17. The Kier molecular flexibility index (Phi) is 8.18. The minimum Gasteiger partial charge on any atom is -0.370 e. The first-order valence-electron chi connectivity index (χ1n) is 6.57. The quantitative estimate of drug-likeness (QED) is 0.428. The molecule has 1 fully saturated rings. The number of guanidine groups is 1. The van der Waals surface area contributed by atoms with Crippen molar-refractivity contribution in [3.05, 3.63) is 0 Å². The van der Waals surface area contributed by atoms with E-state index in [0.29, 0.717) is 5.96 Å². The summed E-state index contributed by atoms with van der Waals surface area (Å²) in [4.78, 5) is 6.62. The van der Waals surface area contributed by atoms with E-state index in [1.807, 2.05) is 0 Å². The molecule has 18 heavy (non-hydrogen) atoms. The van der Waals surface area contributed by atoms with Gasteiger partial charge in [0, 0.05) is 19.6 Å². The van der Waals surface area contributed by atoms with Gasteiger partial charge in [-0.1, -0.05) is 20.3 Å². The molecule has 3 N–H and O–H groups in total. The topological polar surface area (TPSA) is 53.6 Å². The number of halogens is 1. The molecule has 0 atom stereocenters. The third-order valence-corrected chi connectivity index (χ3v) is 3.22. The normalized spacial score (nSPS) is 17.3. The van der Waals surface area contributed by atoms with Gasteiger partial charge in [-0.3, -0.25) is 4.99 Å². The van der Waals surface area contributed by atoms with Crippen LogP contribution in [0.5, 0.6) is 0 Å². The summed E-state index contributed by atoms with van der Waals surface area (Å²) in [6.07, 6.45) is 4.05. The predicted octanol–water partition coefficient (Wildman–Crippen LogP) is 1.90. The fourth-order valence-corrected chi connectivity index (χ4v) is 2.21. The zero-order valence-electron chi connectivity index (χ0n) is 12.2. The number of hydrogen-bond donors (Lipinski definition) is 2. The molecule has 0 aromatic heterocycles. The molecule has 0 amide bonds. The van der Waals surface area contributed by atoms with E-state index in [1.165, 1.54) is 19.3 Å². The molecule has 0 heterocycles. The van der Waals surface area contributed by atoms with Crippen LogP contribution in [0.1, 0.15) is 33.1 Å². The lowest BCUT2D eigenvalue weighted by molar-refractivity contribution is 0.248. The Morgan fingerprint density at radius 1 is 1.39 bits per heavy atom. The Morgan fingerprint density at radius 3 is 2.44 bits per heavy atom. The molecular formula is C13H29IN4. The van der Waals surface area contributed by atoms with E-state index in [4.69, 9.17) is 5.73 Å². The van der Waals surface area contributed by atoms with Crippen molar-refractivity contribution in [1.82, 2.24) is 10.2 Å². The lowest BCUT2D eigenvalue weighted by Gasteiger charge is -2.27. The fraction of sp³-hybridized carbons (Fsp3) is 0.923. The number of nitrogens with zero attached hydrogens (tertiary/aromatic N) is 2. The molecule has 0 saturated heterocycles. The summed E-state index contributed by atoms with van der Waals surface area (Å²) >= 11 is 0. The van der Waals surface area contributed by atoms with Crippen molar-refractivity contribution in [2.75, 3.05) is 33.7 Å². The van der Waals surface area contributed by atoms with E-state index < -0.39 is 0 Å². The third kappa shape index (κ3) is 7.41. The van der Waals surface area contributed by atoms with Crippen LogP contribution in [0.15, 0.2) is 4.99 Å². The van der Waals surface area contributed by atoms with Crippen molar-refractivity contribution in [1.29, 1.82) is 0 Å². The highest BCUT2D eigenvalue weighted by atomic mass is 127. The first-order chi connectivity index (χ1) is 7.89. The minimum atomic E-state index is 0. The van der Waals surface area contributed by atoms with Gasteiger partial charge in [0.15, 0.2) is 5.96 Å². The molecule has 1 aliphatic rings. The Morgan fingerprint density at radius 2 is 2.00 bits per heavy atom. The Balaban J connectivity index is 0.00000289. The van der Waals surface area contributed by atoms with Gasteiger partial charge in [0.1, 0.15) is 0 Å². The van der Waals surface area contributed by atoms with Gasteiger partial charge < -0.3 is 16.0 Å². The Bertz CT molecular complexity index is 260. The standard InChI is InChI=1S/C13H28N4.HI/c1-13(2,10-17(3)4)9-16-12(14)15-8-11-6-5-7-11;/h11H,5-10H2,1-4H3,(H3,14,15,16);1H. The van der Waals surface area contributed by atoms with Gasteiger partial charge in [0.25, 0.3) is 0 Å². The second kappa shape index (κ2) is 8.19. The van der Waals surface area contributed by atoms with Crippen LogP contribution in [0.4, 0.5) is 0 Å². The molecule has 1 saturated carbocycles. The van der Waals surface area contributed by atoms with E-state index in [9.17, 15) is 0 Å². The Hall–Kier alpha value is -0.0400. The van der Waals surface area contributed by atoms with E-state index in [0.717, 1.165) is 25.6 Å². The molecule has 5 heteroatoms. The van der Waals surface area contributed by atoms with E-state index in [1.54, 1.807) is 0 Å². The van der Waals surface area contributed by atoms with Gasteiger partial charge in [-0.05, 0) is 38.3 Å². The maximum atomic E-state index is 5.86. The van der Waals surface area contributed by atoms with Gasteiger partial charge >= 0.3 is 0 Å². The molecule has 4 nitrogen and oxygen atoms in total. The molecule has 0 spiro atoms. The highest BCUT2D eigenvalue weighted by molar-refractivity contribution is 14.0. The van der Waals surface area contributed by atoms with Crippen molar-refractivity contribution in [2.45, 2.75) is 33.1 Å². The number of nitrogens with one attached hydrogen (secondary N) is 1. The van der Waals surface area contributed by atoms with Gasteiger partial charge in [-0.25, -0.2) is 0 Å². The first-order valence-corrected chi connectivity index (χ1v) is 6.57. The summed E-state index contributed by atoms with van der Waals surface area (Å²) in [5.41, 5.74) is 6.04. The fourth-order valence-electron chi connectivity index (χ4n) is 2.21. The molecule has 0 aromatic rings. The second-order valence-corrected chi connectivity index (χ2v) is 6.28. The maximum absolute atomic E-state index is 5.86. The zero-order valence-corrected chi connectivity index (χ0v) is 14.5. The molecule has 108 valence electrons. The lowest BCUT2D eigenvalue weighted by Crippen LogP contribution is -2.38. The van der Waals surface area contributed by atoms with Gasteiger partial charge in [0.05, 0.1) is 0 Å².